The molecule has 9 nitrogen and oxygen atoms in total. The summed E-state index contributed by atoms with van der Waals surface area (Å²) in [4.78, 5) is 19.0. The van der Waals surface area contributed by atoms with Gasteiger partial charge in [-0.3, -0.25) is 10.1 Å². The first-order valence-corrected chi connectivity index (χ1v) is 9.40. The average Bonchev–Trinajstić information content (AvgIpc) is 3.08. The number of carbonyl (C=O) groups is 1. The van der Waals surface area contributed by atoms with Crippen LogP contribution >= 0.6 is 0 Å². The summed E-state index contributed by atoms with van der Waals surface area (Å²) in [5.41, 5.74) is -0.392. The number of methoxy groups -OCH3 is 1. The van der Waals surface area contributed by atoms with Gasteiger partial charge in [-0.25, -0.2) is 4.98 Å². The SMILES string of the molecule is COC12CC(C(=O)Nc3cc(Oc4ccc(N5CCOCC5)nc4)no3)(C1)C2. The number of nitrogens with zero attached hydrogens (tertiary/aromatic N) is 3. The molecule has 1 N–H and O–H groups in total. The topological polar surface area (TPSA) is 99.0 Å². The van der Waals surface area contributed by atoms with Crippen molar-refractivity contribution in [2.45, 2.75) is 24.9 Å². The smallest absolute Gasteiger partial charge is 0.261 e. The van der Waals surface area contributed by atoms with Crippen molar-refractivity contribution in [3.63, 3.8) is 0 Å². The number of ether oxygens (including phenoxy) is 3. The summed E-state index contributed by atoms with van der Waals surface area (Å²) in [6.07, 6.45) is 3.94. The van der Waals surface area contributed by atoms with Gasteiger partial charge in [-0.15, -0.1) is 0 Å². The Morgan fingerprint density at radius 2 is 2.04 bits per heavy atom. The van der Waals surface area contributed by atoms with Crippen LogP contribution < -0.4 is 15.0 Å². The Morgan fingerprint density at radius 1 is 1.25 bits per heavy atom. The first-order chi connectivity index (χ1) is 13.6. The van der Waals surface area contributed by atoms with Crippen LogP contribution in [-0.2, 0) is 14.3 Å². The quantitative estimate of drug-likeness (QED) is 0.807. The van der Waals surface area contributed by atoms with E-state index in [4.69, 9.17) is 18.7 Å². The van der Waals surface area contributed by atoms with Crippen molar-refractivity contribution in [2.75, 3.05) is 43.6 Å². The molecule has 28 heavy (non-hydrogen) atoms. The second kappa shape index (κ2) is 6.46. The van der Waals surface area contributed by atoms with Crippen molar-refractivity contribution in [1.29, 1.82) is 0 Å². The van der Waals surface area contributed by atoms with Gasteiger partial charge in [-0.2, -0.15) is 0 Å². The molecule has 3 heterocycles. The molecule has 4 fully saturated rings. The van der Waals surface area contributed by atoms with Gasteiger partial charge < -0.3 is 23.6 Å². The highest BCUT2D eigenvalue weighted by Crippen LogP contribution is 2.69. The Balaban J connectivity index is 1.17. The molecule has 6 rings (SSSR count). The van der Waals surface area contributed by atoms with Crippen molar-refractivity contribution in [2.24, 2.45) is 5.41 Å². The zero-order valence-electron chi connectivity index (χ0n) is 15.6. The first kappa shape index (κ1) is 17.4. The molecular formula is C19H22N4O5. The minimum atomic E-state index is -0.316. The van der Waals surface area contributed by atoms with Gasteiger partial charge in [0.15, 0.2) is 0 Å². The zero-order valence-corrected chi connectivity index (χ0v) is 15.6. The van der Waals surface area contributed by atoms with E-state index >= 15 is 0 Å². The molecule has 148 valence electrons. The summed E-state index contributed by atoms with van der Waals surface area (Å²) in [5.74, 6) is 1.92. The summed E-state index contributed by atoms with van der Waals surface area (Å²) < 4.78 is 21.6. The molecule has 2 bridgehead atoms. The van der Waals surface area contributed by atoms with E-state index in [0.717, 1.165) is 38.2 Å². The Labute approximate surface area is 161 Å². The van der Waals surface area contributed by atoms with Crippen LogP contribution in [0.15, 0.2) is 28.9 Å². The third kappa shape index (κ3) is 2.91. The van der Waals surface area contributed by atoms with Crippen LogP contribution in [0.4, 0.5) is 11.7 Å². The number of morpholine rings is 1. The van der Waals surface area contributed by atoms with Crippen LogP contribution in [-0.4, -0.2) is 55.1 Å². The van der Waals surface area contributed by atoms with E-state index in [1.54, 1.807) is 19.4 Å². The summed E-state index contributed by atoms with van der Waals surface area (Å²) in [6, 6.07) is 5.29. The average molecular weight is 386 g/mol. The van der Waals surface area contributed by atoms with Crippen molar-refractivity contribution >= 4 is 17.6 Å². The van der Waals surface area contributed by atoms with Crippen molar-refractivity contribution < 1.29 is 23.5 Å². The molecule has 0 radical (unpaired) electrons. The first-order valence-electron chi connectivity index (χ1n) is 9.40. The maximum absolute atomic E-state index is 12.4. The molecule has 1 aliphatic heterocycles. The molecule has 0 unspecified atom stereocenters. The number of nitrogens with one attached hydrogen (secondary N) is 1. The van der Waals surface area contributed by atoms with Crippen LogP contribution in [0.25, 0.3) is 0 Å². The van der Waals surface area contributed by atoms with Gasteiger partial charge in [0.1, 0.15) is 11.6 Å². The fraction of sp³-hybridized carbons (Fsp3) is 0.526. The third-order valence-corrected chi connectivity index (χ3v) is 5.90. The van der Waals surface area contributed by atoms with E-state index in [1.165, 1.54) is 0 Å². The third-order valence-electron chi connectivity index (χ3n) is 5.90. The number of aromatic nitrogens is 2. The monoisotopic (exact) mass is 386 g/mol. The molecule has 0 spiro atoms. The fourth-order valence-electron chi connectivity index (χ4n) is 4.30. The second-order valence-electron chi connectivity index (χ2n) is 7.73. The lowest BCUT2D eigenvalue weighted by atomic mass is 9.41. The molecule has 1 saturated heterocycles. The normalized spacial score (nSPS) is 28.2. The maximum atomic E-state index is 12.4. The number of anilines is 2. The number of hydrogen-bond acceptors (Lipinski definition) is 8. The number of pyridine rings is 1. The molecule has 4 aliphatic rings. The molecule has 3 saturated carbocycles. The van der Waals surface area contributed by atoms with E-state index in [9.17, 15) is 4.79 Å². The highest BCUT2D eigenvalue weighted by Gasteiger charge is 2.72. The van der Waals surface area contributed by atoms with Crippen molar-refractivity contribution in [1.82, 2.24) is 10.1 Å². The van der Waals surface area contributed by atoms with Gasteiger partial charge >= 0.3 is 0 Å². The van der Waals surface area contributed by atoms with E-state index < -0.39 is 0 Å². The Kier molecular flexibility index (Phi) is 4.02. The van der Waals surface area contributed by atoms with Crippen LogP contribution in [0.2, 0.25) is 0 Å². The van der Waals surface area contributed by atoms with Crippen LogP contribution in [0.3, 0.4) is 0 Å². The minimum Gasteiger partial charge on any atom is -0.435 e. The summed E-state index contributed by atoms with van der Waals surface area (Å²) in [5, 5.41) is 6.64. The number of rotatable bonds is 6. The van der Waals surface area contributed by atoms with Gasteiger partial charge in [0.2, 0.25) is 11.8 Å². The number of amides is 1. The van der Waals surface area contributed by atoms with Gasteiger partial charge in [-0.05, 0) is 36.6 Å². The zero-order chi connectivity index (χ0) is 19.2. The Morgan fingerprint density at radius 3 is 2.71 bits per heavy atom. The molecule has 2 aromatic heterocycles. The molecule has 1 amide bonds. The lowest BCUT2D eigenvalue weighted by Gasteiger charge is -2.67. The fourth-order valence-corrected chi connectivity index (χ4v) is 4.30. The number of carbonyl (C=O) groups excluding carboxylic acids is 1. The predicted molar refractivity (Wildman–Crippen MR) is 98.5 cm³/mol. The molecule has 0 aromatic carbocycles. The lowest BCUT2D eigenvalue weighted by Crippen LogP contribution is -2.72. The van der Waals surface area contributed by atoms with Crippen molar-refractivity contribution in [3.8, 4) is 11.6 Å². The standard InChI is InChI=1S/C19H22N4O5/c1-25-19-10-18(11-19,12-19)17(24)21-15-8-16(22-28-15)27-13-2-3-14(20-9-13)23-4-6-26-7-5-23/h2-3,8-9H,4-7,10-12H2,1H3,(H,21,24). The van der Waals surface area contributed by atoms with E-state index in [-0.39, 0.29) is 28.7 Å². The highest BCUT2D eigenvalue weighted by molar-refractivity contribution is 5.97. The molecule has 0 atom stereocenters. The Hall–Kier alpha value is -2.65. The van der Waals surface area contributed by atoms with Crippen LogP contribution in [0, 0.1) is 5.41 Å². The molecular weight excluding hydrogens is 364 g/mol. The van der Waals surface area contributed by atoms with Crippen LogP contribution in [0.1, 0.15) is 19.3 Å². The molecule has 3 aliphatic carbocycles. The lowest BCUT2D eigenvalue weighted by molar-refractivity contribution is -0.260. The Bertz CT molecular complexity index is 855. The summed E-state index contributed by atoms with van der Waals surface area (Å²) >= 11 is 0. The predicted octanol–water partition coefficient (Wildman–Crippen LogP) is 2.21. The van der Waals surface area contributed by atoms with Gasteiger partial charge in [-0.1, -0.05) is 0 Å². The minimum absolute atomic E-state index is 0.0503. The summed E-state index contributed by atoms with van der Waals surface area (Å²) in [7, 11) is 1.70. The van der Waals surface area contributed by atoms with E-state index in [2.05, 4.69) is 20.4 Å². The van der Waals surface area contributed by atoms with E-state index in [1.807, 2.05) is 12.1 Å². The second-order valence-corrected chi connectivity index (χ2v) is 7.73. The number of hydrogen-bond donors (Lipinski definition) is 1. The van der Waals surface area contributed by atoms with E-state index in [0.29, 0.717) is 19.0 Å². The van der Waals surface area contributed by atoms with Gasteiger partial charge in [0, 0.05) is 20.2 Å². The van der Waals surface area contributed by atoms with Gasteiger partial charge in [0.05, 0.1) is 36.5 Å². The summed E-state index contributed by atoms with van der Waals surface area (Å²) in [6.45, 7) is 3.07. The van der Waals surface area contributed by atoms with Gasteiger partial charge in [0.25, 0.3) is 5.88 Å². The largest absolute Gasteiger partial charge is 0.435 e. The van der Waals surface area contributed by atoms with Crippen molar-refractivity contribution in [3.05, 3.63) is 24.4 Å². The maximum Gasteiger partial charge on any atom is 0.261 e. The van der Waals surface area contributed by atoms with Crippen LogP contribution in [0.5, 0.6) is 11.6 Å². The molecule has 2 aromatic rings. The molecule has 9 heteroatoms. The highest BCUT2D eigenvalue weighted by atomic mass is 16.5.